The molecular weight excluding hydrogens is 318 g/mol. The van der Waals surface area contributed by atoms with E-state index in [0.29, 0.717) is 6.42 Å². The third-order valence-corrected chi connectivity index (χ3v) is 5.56. The standard InChI is InChI=1S/C19H19N3O3/c1-18(2)15-9-4-5-10-17(15)21(3)19(18)12-16(20-25-19)13-7-6-8-14(11-13)22(23)24/h4-11H,12H2,1-3H3/t19-/m0/s1. The molecule has 2 aliphatic heterocycles. The van der Waals surface area contributed by atoms with Crippen molar-refractivity contribution in [3.05, 3.63) is 69.8 Å². The van der Waals surface area contributed by atoms with Gasteiger partial charge in [-0.05, 0) is 25.5 Å². The van der Waals surface area contributed by atoms with Crippen molar-refractivity contribution in [1.82, 2.24) is 0 Å². The first-order valence-electron chi connectivity index (χ1n) is 8.20. The molecule has 1 atom stereocenters. The molecule has 0 aliphatic carbocycles. The fourth-order valence-electron chi connectivity index (χ4n) is 4.01. The van der Waals surface area contributed by atoms with Crippen LogP contribution in [-0.4, -0.2) is 23.4 Å². The van der Waals surface area contributed by atoms with E-state index in [1.54, 1.807) is 12.1 Å². The summed E-state index contributed by atoms with van der Waals surface area (Å²) in [5, 5.41) is 15.4. The van der Waals surface area contributed by atoms with Gasteiger partial charge in [0.05, 0.1) is 22.5 Å². The summed E-state index contributed by atoms with van der Waals surface area (Å²) in [4.78, 5) is 18.8. The van der Waals surface area contributed by atoms with E-state index in [4.69, 9.17) is 4.84 Å². The molecule has 0 saturated heterocycles. The Morgan fingerprint density at radius 3 is 2.68 bits per heavy atom. The topological polar surface area (TPSA) is 68.0 Å². The highest BCUT2D eigenvalue weighted by Crippen LogP contribution is 2.55. The number of nitro benzene ring substituents is 1. The van der Waals surface area contributed by atoms with Gasteiger partial charge >= 0.3 is 0 Å². The number of rotatable bonds is 2. The molecule has 2 heterocycles. The zero-order chi connectivity index (χ0) is 17.8. The number of non-ortho nitro benzene ring substituents is 1. The maximum atomic E-state index is 11.0. The number of oxime groups is 1. The van der Waals surface area contributed by atoms with Crippen LogP contribution in [0.2, 0.25) is 0 Å². The van der Waals surface area contributed by atoms with E-state index in [-0.39, 0.29) is 11.1 Å². The van der Waals surface area contributed by atoms with Crippen LogP contribution in [0.5, 0.6) is 0 Å². The predicted octanol–water partition coefficient (Wildman–Crippen LogP) is 3.84. The monoisotopic (exact) mass is 337 g/mol. The number of nitrogens with zero attached hydrogens (tertiary/aromatic N) is 3. The lowest BCUT2D eigenvalue weighted by Crippen LogP contribution is -2.54. The highest BCUT2D eigenvalue weighted by molar-refractivity contribution is 6.02. The van der Waals surface area contributed by atoms with Crippen LogP contribution in [0.4, 0.5) is 11.4 Å². The van der Waals surface area contributed by atoms with E-state index in [1.807, 2.05) is 25.2 Å². The SMILES string of the molecule is CN1c2ccccc2C(C)(C)[C@@]12CC(c1cccc([N+](=O)[O-])c1)=NO2. The summed E-state index contributed by atoms with van der Waals surface area (Å²) >= 11 is 0. The van der Waals surface area contributed by atoms with Crippen LogP contribution in [0, 0.1) is 10.1 Å². The molecule has 2 aliphatic rings. The van der Waals surface area contributed by atoms with Crippen molar-refractivity contribution in [3.63, 3.8) is 0 Å². The van der Waals surface area contributed by atoms with Crippen LogP contribution in [0.25, 0.3) is 0 Å². The summed E-state index contributed by atoms with van der Waals surface area (Å²) in [7, 11) is 2.01. The van der Waals surface area contributed by atoms with Crippen LogP contribution in [0.15, 0.2) is 53.7 Å². The first-order chi connectivity index (χ1) is 11.9. The van der Waals surface area contributed by atoms with Crippen molar-refractivity contribution in [3.8, 4) is 0 Å². The number of para-hydroxylation sites is 1. The van der Waals surface area contributed by atoms with E-state index < -0.39 is 10.6 Å². The number of likely N-dealkylation sites (N-methyl/N-ethyl adjacent to an activating group) is 1. The molecule has 0 bridgehead atoms. The molecule has 4 rings (SSSR count). The number of hydrogen-bond donors (Lipinski definition) is 0. The van der Waals surface area contributed by atoms with E-state index in [9.17, 15) is 10.1 Å². The van der Waals surface area contributed by atoms with Crippen LogP contribution in [0.3, 0.4) is 0 Å². The number of hydrogen-bond acceptors (Lipinski definition) is 5. The maximum Gasteiger partial charge on any atom is 0.270 e. The second kappa shape index (κ2) is 5.05. The van der Waals surface area contributed by atoms with Crippen molar-refractivity contribution in [2.24, 2.45) is 5.16 Å². The second-order valence-electron chi connectivity index (χ2n) is 7.10. The Morgan fingerprint density at radius 1 is 1.20 bits per heavy atom. The molecule has 25 heavy (non-hydrogen) atoms. The Bertz CT molecular complexity index is 906. The van der Waals surface area contributed by atoms with Gasteiger partial charge in [-0.2, -0.15) is 0 Å². The second-order valence-corrected chi connectivity index (χ2v) is 7.10. The molecule has 128 valence electrons. The Morgan fingerprint density at radius 2 is 1.96 bits per heavy atom. The molecule has 6 heteroatoms. The fourth-order valence-corrected chi connectivity index (χ4v) is 4.01. The van der Waals surface area contributed by atoms with Gasteiger partial charge in [-0.3, -0.25) is 10.1 Å². The average Bonchev–Trinajstić information content (AvgIpc) is 3.13. The first-order valence-corrected chi connectivity index (χ1v) is 8.20. The molecule has 2 aromatic carbocycles. The van der Waals surface area contributed by atoms with Crippen molar-refractivity contribution >= 4 is 17.1 Å². The number of anilines is 1. The lowest BCUT2D eigenvalue weighted by Gasteiger charge is -2.40. The van der Waals surface area contributed by atoms with Crippen LogP contribution in [-0.2, 0) is 10.3 Å². The highest BCUT2D eigenvalue weighted by Gasteiger charge is 2.61. The summed E-state index contributed by atoms with van der Waals surface area (Å²) in [6, 6.07) is 14.8. The van der Waals surface area contributed by atoms with E-state index >= 15 is 0 Å². The van der Waals surface area contributed by atoms with Gasteiger partial charge in [-0.1, -0.05) is 35.5 Å². The molecule has 2 aromatic rings. The highest BCUT2D eigenvalue weighted by atomic mass is 16.7. The molecule has 0 unspecified atom stereocenters. The van der Waals surface area contributed by atoms with Gasteiger partial charge in [0.25, 0.3) is 5.69 Å². The smallest absolute Gasteiger partial charge is 0.270 e. The molecule has 0 aromatic heterocycles. The largest absolute Gasteiger partial charge is 0.366 e. The lowest BCUT2D eigenvalue weighted by atomic mass is 9.75. The molecule has 0 amide bonds. The van der Waals surface area contributed by atoms with Gasteiger partial charge in [0, 0.05) is 30.4 Å². The Hall–Kier alpha value is -2.89. The summed E-state index contributed by atoms with van der Waals surface area (Å²) in [6.07, 6.45) is 0.562. The number of nitro groups is 1. The zero-order valence-corrected chi connectivity index (χ0v) is 14.4. The van der Waals surface area contributed by atoms with Crippen molar-refractivity contribution in [1.29, 1.82) is 0 Å². The van der Waals surface area contributed by atoms with Crippen molar-refractivity contribution < 1.29 is 9.76 Å². The van der Waals surface area contributed by atoms with E-state index in [2.05, 4.69) is 36.0 Å². The molecular formula is C19H19N3O3. The van der Waals surface area contributed by atoms with Crippen LogP contribution < -0.4 is 4.90 Å². The lowest BCUT2D eigenvalue weighted by molar-refractivity contribution is -0.384. The molecule has 0 radical (unpaired) electrons. The number of fused-ring (bicyclic) bond motifs is 1. The van der Waals surface area contributed by atoms with Gasteiger partial charge in [0.2, 0.25) is 5.72 Å². The summed E-state index contributed by atoms with van der Waals surface area (Å²) in [5.41, 5.74) is 2.96. The van der Waals surface area contributed by atoms with Gasteiger partial charge in [0.1, 0.15) is 0 Å². The fraction of sp³-hybridized carbons (Fsp3) is 0.316. The molecule has 1 spiro atoms. The maximum absolute atomic E-state index is 11.0. The minimum Gasteiger partial charge on any atom is -0.366 e. The minimum atomic E-state index is -0.628. The van der Waals surface area contributed by atoms with Gasteiger partial charge in [-0.15, -0.1) is 0 Å². The Kier molecular flexibility index (Phi) is 3.16. The van der Waals surface area contributed by atoms with Gasteiger partial charge < -0.3 is 9.74 Å². The quantitative estimate of drug-likeness (QED) is 0.617. The molecule has 0 fully saturated rings. The molecule has 0 saturated carbocycles. The third kappa shape index (κ3) is 2.00. The summed E-state index contributed by atoms with van der Waals surface area (Å²) in [6.45, 7) is 4.31. The first kappa shape index (κ1) is 15.6. The third-order valence-electron chi connectivity index (χ3n) is 5.56. The molecule has 0 N–H and O–H groups in total. The van der Waals surface area contributed by atoms with Crippen molar-refractivity contribution in [2.75, 3.05) is 11.9 Å². The number of benzene rings is 2. The van der Waals surface area contributed by atoms with Crippen molar-refractivity contribution in [2.45, 2.75) is 31.4 Å². The zero-order valence-electron chi connectivity index (χ0n) is 14.4. The summed E-state index contributed by atoms with van der Waals surface area (Å²) in [5.74, 6) is 0. The normalized spacial score (nSPS) is 23.3. The van der Waals surface area contributed by atoms with Crippen LogP contribution >= 0.6 is 0 Å². The predicted molar refractivity (Wildman–Crippen MR) is 95.9 cm³/mol. The Balaban J connectivity index is 1.72. The minimum absolute atomic E-state index is 0.0588. The Labute approximate surface area is 145 Å². The average molecular weight is 337 g/mol. The molecule has 6 nitrogen and oxygen atoms in total. The summed E-state index contributed by atoms with van der Waals surface area (Å²) < 4.78 is 0. The van der Waals surface area contributed by atoms with E-state index in [1.165, 1.54) is 11.6 Å². The van der Waals surface area contributed by atoms with Crippen LogP contribution in [0.1, 0.15) is 31.4 Å². The van der Waals surface area contributed by atoms with E-state index in [0.717, 1.165) is 17.0 Å². The van der Waals surface area contributed by atoms with Gasteiger partial charge in [0.15, 0.2) is 0 Å². The van der Waals surface area contributed by atoms with Gasteiger partial charge in [-0.25, -0.2) is 0 Å².